The molecular formula is C18H21NO2. The molecule has 0 saturated heterocycles. The van der Waals surface area contributed by atoms with Crippen LogP contribution in [-0.4, -0.2) is 17.4 Å². The van der Waals surface area contributed by atoms with E-state index in [-0.39, 0.29) is 18.2 Å². The van der Waals surface area contributed by atoms with E-state index in [9.17, 15) is 9.90 Å². The predicted octanol–water partition coefficient (Wildman–Crippen LogP) is 3.21. The average Bonchev–Trinajstić information content (AvgIpc) is 2.53. The smallest absolute Gasteiger partial charge is 0.173 e. The van der Waals surface area contributed by atoms with Gasteiger partial charge < -0.3 is 10.4 Å². The van der Waals surface area contributed by atoms with Crippen molar-refractivity contribution < 1.29 is 9.90 Å². The molecule has 0 aliphatic heterocycles. The number of hydrogen-bond acceptors (Lipinski definition) is 3. The van der Waals surface area contributed by atoms with Crippen LogP contribution in [0.2, 0.25) is 0 Å². The van der Waals surface area contributed by atoms with Crippen molar-refractivity contribution in [3.8, 4) is 0 Å². The predicted molar refractivity (Wildman–Crippen MR) is 85.1 cm³/mol. The highest BCUT2D eigenvalue weighted by Gasteiger charge is 2.38. The van der Waals surface area contributed by atoms with Gasteiger partial charge in [-0.15, -0.1) is 0 Å². The number of anilines is 1. The first-order chi connectivity index (χ1) is 10.0. The molecule has 0 amide bonds. The average molecular weight is 283 g/mol. The first kappa shape index (κ1) is 15.3. The minimum absolute atomic E-state index is 0.151. The summed E-state index contributed by atoms with van der Waals surface area (Å²) in [5, 5.41) is 14.1. The van der Waals surface area contributed by atoms with Crippen LogP contribution in [0.5, 0.6) is 0 Å². The molecular weight excluding hydrogens is 262 g/mol. The number of carbonyl (C=O) groups excluding carboxylic acids is 1. The Labute approximate surface area is 125 Å². The largest absolute Gasteiger partial charge is 0.381 e. The van der Waals surface area contributed by atoms with Crippen LogP contribution >= 0.6 is 0 Å². The molecule has 0 saturated carbocycles. The van der Waals surface area contributed by atoms with Gasteiger partial charge >= 0.3 is 0 Å². The Balaban J connectivity index is 2.26. The van der Waals surface area contributed by atoms with Crippen LogP contribution in [0, 0.1) is 5.92 Å². The molecule has 2 aromatic rings. The fraction of sp³-hybridized carbons (Fsp3) is 0.278. The Morgan fingerprint density at radius 2 is 1.57 bits per heavy atom. The number of Topliss-reactive ketones (excluding diaryl/α,β-unsaturated/α-hetero) is 1. The normalized spacial score (nSPS) is 13.7. The van der Waals surface area contributed by atoms with Gasteiger partial charge in [-0.3, -0.25) is 4.79 Å². The van der Waals surface area contributed by atoms with Crippen LogP contribution in [0.3, 0.4) is 0 Å². The molecule has 0 aromatic heterocycles. The number of carbonyl (C=O) groups is 1. The second kappa shape index (κ2) is 6.55. The third-order valence-corrected chi connectivity index (χ3v) is 3.51. The lowest BCUT2D eigenvalue weighted by atomic mass is 9.84. The summed E-state index contributed by atoms with van der Waals surface area (Å²) in [5.74, 6) is -0.426. The number of rotatable bonds is 6. The molecule has 0 aliphatic carbocycles. The summed E-state index contributed by atoms with van der Waals surface area (Å²) in [4.78, 5) is 12.5. The van der Waals surface area contributed by atoms with E-state index >= 15 is 0 Å². The first-order valence-corrected chi connectivity index (χ1v) is 7.15. The summed E-state index contributed by atoms with van der Waals surface area (Å²) in [6.45, 7) is 3.76. The van der Waals surface area contributed by atoms with Crippen molar-refractivity contribution in [2.75, 3.05) is 11.9 Å². The SMILES string of the molecule is CC(C)C(=O)[C@@](O)(CNc1ccccc1)c1ccccc1. The lowest BCUT2D eigenvalue weighted by Gasteiger charge is -2.29. The second-order valence-corrected chi connectivity index (χ2v) is 5.46. The van der Waals surface area contributed by atoms with Gasteiger partial charge in [0.1, 0.15) is 0 Å². The summed E-state index contributed by atoms with van der Waals surface area (Å²) in [6, 6.07) is 18.7. The molecule has 2 aromatic carbocycles. The summed E-state index contributed by atoms with van der Waals surface area (Å²) >= 11 is 0. The van der Waals surface area contributed by atoms with Crippen molar-refractivity contribution in [1.29, 1.82) is 0 Å². The lowest BCUT2D eigenvalue weighted by Crippen LogP contribution is -2.44. The number of aliphatic hydroxyl groups is 1. The molecule has 0 unspecified atom stereocenters. The van der Waals surface area contributed by atoms with Crippen LogP contribution in [0.4, 0.5) is 5.69 Å². The number of ketones is 1. The highest BCUT2D eigenvalue weighted by molar-refractivity contribution is 5.90. The quantitative estimate of drug-likeness (QED) is 0.856. The van der Waals surface area contributed by atoms with Gasteiger partial charge in [-0.05, 0) is 17.7 Å². The van der Waals surface area contributed by atoms with Gasteiger partial charge in [0, 0.05) is 11.6 Å². The summed E-state index contributed by atoms with van der Waals surface area (Å²) < 4.78 is 0. The zero-order chi connectivity index (χ0) is 15.3. The van der Waals surface area contributed by atoms with Crippen LogP contribution in [0.25, 0.3) is 0 Å². The van der Waals surface area contributed by atoms with E-state index in [1.807, 2.05) is 48.5 Å². The van der Waals surface area contributed by atoms with Crippen molar-refractivity contribution >= 4 is 11.5 Å². The van der Waals surface area contributed by atoms with E-state index in [0.717, 1.165) is 5.69 Å². The topological polar surface area (TPSA) is 49.3 Å². The van der Waals surface area contributed by atoms with Crippen molar-refractivity contribution in [3.63, 3.8) is 0 Å². The zero-order valence-electron chi connectivity index (χ0n) is 12.4. The van der Waals surface area contributed by atoms with Crippen molar-refractivity contribution in [1.82, 2.24) is 0 Å². The van der Waals surface area contributed by atoms with E-state index in [1.165, 1.54) is 0 Å². The monoisotopic (exact) mass is 283 g/mol. The van der Waals surface area contributed by atoms with Gasteiger partial charge in [-0.25, -0.2) is 0 Å². The van der Waals surface area contributed by atoms with Crippen LogP contribution in [0.1, 0.15) is 19.4 Å². The van der Waals surface area contributed by atoms with E-state index in [4.69, 9.17) is 0 Å². The fourth-order valence-electron chi connectivity index (χ4n) is 2.31. The molecule has 0 spiro atoms. The van der Waals surface area contributed by atoms with E-state index in [0.29, 0.717) is 5.56 Å². The van der Waals surface area contributed by atoms with Gasteiger partial charge in [-0.2, -0.15) is 0 Å². The Kier molecular flexibility index (Phi) is 4.76. The minimum atomic E-state index is -1.52. The lowest BCUT2D eigenvalue weighted by molar-refractivity contribution is -0.140. The highest BCUT2D eigenvalue weighted by atomic mass is 16.3. The van der Waals surface area contributed by atoms with Crippen LogP contribution in [-0.2, 0) is 10.4 Å². The molecule has 0 radical (unpaired) electrons. The molecule has 2 N–H and O–H groups in total. The van der Waals surface area contributed by atoms with E-state index in [2.05, 4.69) is 5.32 Å². The maximum absolute atomic E-state index is 12.5. The van der Waals surface area contributed by atoms with E-state index < -0.39 is 5.60 Å². The van der Waals surface area contributed by atoms with Crippen molar-refractivity contribution in [2.45, 2.75) is 19.4 Å². The van der Waals surface area contributed by atoms with Crippen molar-refractivity contribution in [3.05, 3.63) is 66.2 Å². The third-order valence-electron chi connectivity index (χ3n) is 3.51. The molecule has 0 fully saturated rings. The molecule has 0 aliphatic rings. The van der Waals surface area contributed by atoms with Gasteiger partial charge in [0.2, 0.25) is 0 Å². The number of nitrogens with one attached hydrogen (secondary N) is 1. The molecule has 0 bridgehead atoms. The summed E-state index contributed by atoms with van der Waals surface area (Å²) in [6.07, 6.45) is 0. The van der Waals surface area contributed by atoms with Gasteiger partial charge in [0.25, 0.3) is 0 Å². The maximum Gasteiger partial charge on any atom is 0.173 e. The second-order valence-electron chi connectivity index (χ2n) is 5.46. The Morgan fingerprint density at radius 1 is 1.05 bits per heavy atom. The number of para-hydroxylation sites is 1. The fourth-order valence-corrected chi connectivity index (χ4v) is 2.31. The molecule has 3 nitrogen and oxygen atoms in total. The number of benzene rings is 2. The van der Waals surface area contributed by atoms with E-state index in [1.54, 1.807) is 26.0 Å². The standard InChI is InChI=1S/C18H21NO2/c1-14(2)17(20)18(21,15-9-5-3-6-10-15)13-19-16-11-7-4-8-12-16/h3-12,14,19,21H,13H2,1-2H3/t18-/m1/s1. The summed E-state index contributed by atoms with van der Waals surface area (Å²) in [5.41, 5.74) is -0.0267. The Bertz CT molecular complexity index is 581. The molecule has 2 rings (SSSR count). The first-order valence-electron chi connectivity index (χ1n) is 7.15. The molecule has 3 heteroatoms. The molecule has 110 valence electrons. The van der Waals surface area contributed by atoms with Gasteiger partial charge in [-0.1, -0.05) is 62.4 Å². The summed E-state index contributed by atoms with van der Waals surface area (Å²) in [7, 11) is 0. The molecule has 21 heavy (non-hydrogen) atoms. The Morgan fingerprint density at radius 3 is 2.10 bits per heavy atom. The van der Waals surface area contributed by atoms with Crippen LogP contribution in [0.15, 0.2) is 60.7 Å². The third kappa shape index (κ3) is 3.50. The minimum Gasteiger partial charge on any atom is -0.381 e. The molecule has 1 atom stereocenters. The van der Waals surface area contributed by atoms with Crippen molar-refractivity contribution in [2.24, 2.45) is 5.92 Å². The maximum atomic E-state index is 12.5. The molecule has 0 heterocycles. The highest BCUT2D eigenvalue weighted by Crippen LogP contribution is 2.26. The Hall–Kier alpha value is -2.13. The zero-order valence-corrected chi connectivity index (χ0v) is 12.4. The number of hydrogen-bond donors (Lipinski definition) is 2. The van der Waals surface area contributed by atoms with Crippen LogP contribution < -0.4 is 5.32 Å². The van der Waals surface area contributed by atoms with Gasteiger partial charge in [0.05, 0.1) is 6.54 Å². The van der Waals surface area contributed by atoms with Gasteiger partial charge in [0.15, 0.2) is 11.4 Å².